The summed E-state index contributed by atoms with van der Waals surface area (Å²) in [5, 5.41) is 13.9. The molecule has 0 spiro atoms. The molecule has 1 aromatic heterocycles. The number of nitrogens with one attached hydrogen (secondary N) is 1. The quantitative estimate of drug-likeness (QED) is 0.626. The normalized spacial score (nSPS) is 16.4. The van der Waals surface area contributed by atoms with E-state index in [2.05, 4.69) is 22.8 Å². The van der Waals surface area contributed by atoms with E-state index in [0.29, 0.717) is 6.42 Å². The lowest BCUT2D eigenvalue weighted by Crippen LogP contribution is -2.24. The van der Waals surface area contributed by atoms with Gasteiger partial charge in [0, 0.05) is 21.9 Å². The summed E-state index contributed by atoms with van der Waals surface area (Å²) in [6.07, 6.45) is 3.59. The molecule has 0 saturated carbocycles. The van der Waals surface area contributed by atoms with Crippen LogP contribution in [-0.4, -0.2) is 11.7 Å². The lowest BCUT2D eigenvalue weighted by Gasteiger charge is -2.22. The Morgan fingerprint density at radius 2 is 2.26 bits per heavy atom. The Morgan fingerprint density at radius 3 is 3.13 bits per heavy atom. The number of thioether (sulfide) groups is 1. The molecule has 1 amide bonds. The number of para-hydroxylation sites is 1. The van der Waals surface area contributed by atoms with Crippen LogP contribution in [-0.2, 0) is 11.2 Å². The molecular weight excluding hydrogens is 324 g/mol. The highest BCUT2D eigenvalue weighted by Gasteiger charge is 2.27. The van der Waals surface area contributed by atoms with Crippen molar-refractivity contribution in [1.29, 1.82) is 5.26 Å². The van der Waals surface area contributed by atoms with E-state index in [1.54, 1.807) is 23.1 Å². The predicted molar refractivity (Wildman–Crippen MR) is 96.0 cm³/mol. The highest BCUT2D eigenvalue weighted by atomic mass is 32.2. The van der Waals surface area contributed by atoms with Gasteiger partial charge in [0.05, 0.1) is 17.7 Å². The molecule has 3 nitrogen and oxygen atoms in total. The van der Waals surface area contributed by atoms with Crippen LogP contribution in [0.1, 0.15) is 35.6 Å². The van der Waals surface area contributed by atoms with Crippen molar-refractivity contribution in [3.8, 4) is 6.07 Å². The maximum atomic E-state index is 12.7. The molecule has 0 saturated heterocycles. The van der Waals surface area contributed by atoms with Crippen LogP contribution in [0.4, 0.5) is 5.69 Å². The zero-order valence-corrected chi connectivity index (χ0v) is 14.4. The molecule has 0 bridgehead atoms. The molecule has 0 fully saturated rings. The van der Waals surface area contributed by atoms with Gasteiger partial charge >= 0.3 is 0 Å². The third-order valence-corrected chi connectivity index (χ3v) is 6.06. The third kappa shape index (κ3) is 3.77. The van der Waals surface area contributed by atoms with Crippen LogP contribution in [0.25, 0.3) is 0 Å². The van der Waals surface area contributed by atoms with Crippen LogP contribution >= 0.6 is 23.1 Å². The number of nitriles is 1. The summed E-state index contributed by atoms with van der Waals surface area (Å²) in [7, 11) is 0. The summed E-state index contributed by atoms with van der Waals surface area (Å²) in [5.41, 5.74) is 2.05. The van der Waals surface area contributed by atoms with Crippen molar-refractivity contribution in [1.82, 2.24) is 0 Å². The number of rotatable bonds is 5. The molecule has 1 N–H and O–H groups in total. The second-order valence-electron chi connectivity index (χ2n) is 5.49. The highest BCUT2D eigenvalue weighted by molar-refractivity contribution is 7.99. The number of thiophene rings is 1. The van der Waals surface area contributed by atoms with E-state index in [4.69, 9.17) is 5.26 Å². The van der Waals surface area contributed by atoms with Gasteiger partial charge in [0.2, 0.25) is 5.91 Å². The molecular formula is C18H18N2OS2. The Balaban J connectivity index is 1.73. The summed E-state index contributed by atoms with van der Waals surface area (Å²) in [6, 6.07) is 12.1. The zero-order chi connectivity index (χ0) is 16.1. The van der Waals surface area contributed by atoms with Gasteiger partial charge in [-0.05, 0) is 48.4 Å². The Morgan fingerprint density at radius 1 is 1.39 bits per heavy atom. The summed E-state index contributed by atoms with van der Waals surface area (Å²) in [5.74, 6) is 0.779. The number of amides is 1. The van der Waals surface area contributed by atoms with E-state index in [9.17, 15) is 4.79 Å². The van der Waals surface area contributed by atoms with Crippen molar-refractivity contribution in [2.24, 2.45) is 0 Å². The Hall–Kier alpha value is -1.77. The first-order chi connectivity index (χ1) is 11.3. The number of benzene rings is 1. The van der Waals surface area contributed by atoms with Crippen molar-refractivity contribution in [3.63, 3.8) is 0 Å². The maximum Gasteiger partial charge on any atom is 0.231 e. The number of anilines is 1. The maximum absolute atomic E-state index is 12.7. The van der Waals surface area contributed by atoms with Crippen molar-refractivity contribution >= 4 is 34.7 Å². The van der Waals surface area contributed by atoms with Gasteiger partial charge in [0.1, 0.15) is 0 Å². The number of carbonyl (C=O) groups is 1. The van der Waals surface area contributed by atoms with E-state index >= 15 is 0 Å². The number of aryl methyl sites for hydroxylation is 1. The summed E-state index contributed by atoms with van der Waals surface area (Å²) in [6.45, 7) is 0. The SMILES string of the molecule is N#CCCSc1ccccc1NC(=O)[C@H]1CCCc2sccc21. The lowest BCUT2D eigenvalue weighted by molar-refractivity contribution is -0.117. The molecule has 5 heteroatoms. The number of hydrogen-bond acceptors (Lipinski definition) is 4. The molecule has 1 aliphatic rings. The minimum absolute atomic E-state index is 0.0397. The highest BCUT2D eigenvalue weighted by Crippen LogP contribution is 2.36. The third-order valence-electron chi connectivity index (χ3n) is 3.98. The number of fused-ring (bicyclic) bond motifs is 1. The average molecular weight is 342 g/mol. The Labute approximate surface area is 144 Å². The van der Waals surface area contributed by atoms with Crippen LogP contribution in [0.5, 0.6) is 0 Å². The van der Waals surface area contributed by atoms with Crippen LogP contribution in [0.3, 0.4) is 0 Å². The molecule has 1 aromatic carbocycles. The summed E-state index contributed by atoms with van der Waals surface area (Å²) >= 11 is 3.37. The number of nitrogens with zero attached hydrogens (tertiary/aromatic N) is 1. The van der Waals surface area contributed by atoms with Crippen LogP contribution in [0.15, 0.2) is 40.6 Å². The van der Waals surface area contributed by atoms with Crippen molar-refractivity contribution in [2.75, 3.05) is 11.1 Å². The number of carbonyl (C=O) groups excluding carboxylic acids is 1. The molecule has 0 aliphatic heterocycles. The van der Waals surface area contributed by atoms with Gasteiger partial charge < -0.3 is 5.32 Å². The van der Waals surface area contributed by atoms with Crippen molar-refractivity contribution in [3.05, 3.63) is 46.2 Å². The van der Waals surface area contributed by atoms with Gasteiger partial charge in [-0.25, -0.2) is 0 Å². The van der Waals surface area contributed by atoms with E-state index < -0.39 is 0 Å². The first-order valence-corrected chi connectivity index (χ1v) is 9.62. The predicted octanol–water partition coefficient (Wildman–Crippen LogP) is 4.81. The van der Waals surface area contributed by atoms with Crippen molar-refractivity contribution in [2.45, 2.75) is 36.5 Å². The largest absolute Gasteiger partial charge is 0.325 e. The second kappa shape index (κ2) is 7.67. The fourth-order valence-corrected chi connectivity index (χ4v) is 4.73. The fraction of sp³-hybridized carbons (Fsp3) is 0.333. The molecule has 3 rings (SSSR count). The van der Waals surface area contributed by atoms with E-state index in [1.807, 2.05) is 24.3 Å². The average Bonchev–Trinajstić information content (AvgIpc) is 3.05. The van der Waals surface area contributed by atoms with Gasteiger partial charge in [0.25, 0.3) is 0 Å². The molecule has 23 heavy (non-hydrogen) atoms. The van der Waals surface area contributed by atoms with E-state index in [1.165, 1.54) is 10.4 Å². The van der Waals surface area contributed by atoms with Gasteiger partial charge in [-0.15, -0.1) is 23.1 Å². The van der Waals surface area contributed by atoms with Crippen LogP contribution in [0, 0.1) is 11.3 Å². The first kappa shape index (κ1) is 16.1. The Kier molecular flexibility index (Phi) is 5.37. The van der Waals surface area contributed by atoms with Gasteiger partial charge in [-0.1, -0.05) is 12.1 Å². The lowest BCUT2D eigenvalue weighted by atomic mass is 9.87. The van der Waals surface area contributed by atoms with Gasteiger partial charge in [-0.3, -0.25) is 4.79 Å². The summed E-state index contributed by atoms with van der Waals surface area (Å²) in [4.78, 5) is 15.1. The van der Waals surface area contributed by atoms with Crippen LogP contribution in [0.2, 0.25) is 0 Å². The van der Waals surface area contributed by atoms with Crippen LogP contribution < -0.4 is 5.32 Å². The van der Waals surface area contributed by atoms with Gasteiger partial charge in [0.15, 0.2) is 0 Å². The minimum atomic E-state index is -0.0397. The topological polar surface area (TPSA) is 52.9 Å². The van der Waals surface area contributed by atoms with E-state index in [-0.39, 0.29) is 11.8 Å². The monoisotopic (exact) mass is 342 g/mol. The second-order valence-corrected chi connectivity index (χ2v) is 7.62. The molecule has 1 atom stereocenters. The molecule has 2 aromatic rings. The molecule has 0 radical (unpaired) electrons. The first-order valence-electron chi connectivity index (χ1n) is 7.75. The molecule has 1 aliphatic carbocycles. The summed E-state index contributed by atoms with van der Waals surface area (Å²) < 4.78 is 0. The molecule has 1 heterocycles. The standard InChI is InChI=1S/C18H18N2OS2/c19-10-4-11-22-17-7-2-1-6-15(17)20-18(21)14-5-3-8-16-13(14)9-12-23-16/h1-2,6-7,9,12,14H,3-5,8,11H2,(H,20,21)/t14-/m0/s1. The number of hydrogen-bond donors (Lipinski definition) is 1. The fourth-order valence-electron chi connectivity index (χ4n) is 2.88. The van der Waals surface area contributed by atoms with E-state index in [0.717, 1.165) is 35.6 Å². The van der Waals surface area contributed by atoms with Gasteiger partial charge in [-0.2, -0.15) is 5.26 Å². The smallest absolute Gasteiger partial charge is 0.231 e. The molecule has 0 unspecified atom stereocenters. The zero-order valence-electron chi connectivity index (χ0n) is 12.7. The van der Waals surface area contributed by atoms with Crippen molar-refractivity contribution < 1.29 is 4.79 Å². The molecule has 118 valence electrons. The minimum Gasteiger partial charge on any atom is -0.325 e. The Bertz CT molecular complexity index is 733.